The number of aromatic nitrogens is 1. The first kappa shape index (κ1) is 20.9. The summed E-state index contributed by atoms with van der Waals surface area (Å²) in [6, 6.07) is 10.4. The number of carbonyl (C=O) groups excluding carboxylic acids is 2. The van der Waals surface area contributed by atoms with Crippen molar-refractivity contribution in [1.82, 2.24) is 14.4 Å². The van der Waals surface area contributed by atoms with Crippen LogP contribution in [0.5, 0.6) is 0 Å². The fraction of sp³-hybridized carbons (Fsp3) is 0.520. The molecule has 1 aromatic heterocycles. The van der Waals surface area contributed by atoms with E-state index in [4.69, 9.17) is 0 Å². The minimum atomic E-state index is 0.0965. The highest BCUT2D eigenvalue weighted by Crippen LogP contribution is 2.33. The van der Waals surface area contributed by atoms with Crippen LogP contribution in [0.3, 0.4) is 0 Å². The first-order valence-corrected chi connectivity index (χ1v) is 11.2. The van der Waals surface area contributed by atoms with Gasteiger partial charge in [0.25, 0.3) is 5.91 Å². The highest BCUT2D eigenvalue weighted by molar-refractivity contribution is 5.99. The van der Waals surface area contributed by atoms with E-state index < -0.39 is 0 Å². The molecule has 5 heteroatoms. The molecule has 2 fully saturated rings. The Morgan fingerprint density at radius 3 is 2.27 bits per heavy atom. The third-order valence-electron chi connectivity index (χ3n) is 6.88. The third-order valence-corrected chi connectivity index (χ3v) is 6.88. The smallest absolute Gasteiger partial charge is 0.254 e. The molecule has 0 spiro atoms. The number of piperazine rings is 1. The maximum atomic E-state index is 13.1. The van der Waals surface area contributed by atoms with E-state index in [0.717, 1.165) is 35.5 Å². The molecule has 1 amide bonds. The average molecular weight is 408 g/mol. The Morgan fingerprint density at radius 2 is 1.60 bits per heavy atom. The fourth-order valence-electron chi connectivity index (χ4n) is 5.16. The second kappa shape index (κ2) is 8.76. The molecule has 0 bridgehead atoms. The molecule has 2 aliphatic rings. The lowest BCUT2D eigenvalue weighted by atomic mass is 10.1. The van der Waals surface area contributed by atoms with Crippen LogP contribution < -0.4 is 0 Å². The van der Waals surface area contributed by atoms with E-state index in [1.165, 1.54) is 31.4 Å². The second-order valence-corrected chi connectivity index (χ2v) is 8.90. The van der Waals surface area contributed by atoms with Crippen molar-refractivity contribution in [3.05, 3.63) is 58.4 Å². The molecule has 1 saturated heterocycles. The van der Waals surface area contributed by atoms with E-state index in [2.05, 4.69) is 29.4 Å². The van der Waals surface area contributed by atoms with Crippen molar-refractivity contribution in [3.8, 4) is 0 Å². The lowest BCUT2D eigenvalue weighted by molar-refractivity contribution is 0.0623. The van der Waals surface area contributed by atoms with Crippen molar-refractivity contribution in [2.24, 2.45) is 0 Å². The Morgan fingerprint density at radius 1 is 0.933 bits per heavy atom. The van der Waals surface area contributed by atoms with Gasteiger partial charge in [-0.15, -0.1) is 0 Å². The van der Waals surface area contributed by atoms with Crippen molar-refractivity contribution in [3.63, 3.8) is 0 Å². The van der Waals surface area contributed by atoms with Gasteiger partial charge in [-0.1, -0.05) is 31.0 Å². The number of rotatable bonds is 5. The summed E-state index contributed by atoms with van der Waals surface area (Å²) < 4.78 is 2.39. The Hall–Kier alpha value is -2.40. The van der Waals surface area contributed by atoms with E-state index in [0.29, 0.717) is 25.7 Å². The van der Waals surface area contributed by atoms with Gasteiger partial charge in [0.05, 0.1) is 6.54 Å². The van der Waals surface area contributed by atoms with Crippen LogP contribution in [0.2, 0.25) is 0 Å². The molecule has 160 valence electrons. The standard InChI is InChI=1S/C25H33N3O2/c1-18-8-4-7-11-22(18)25(30)27-14-12-26(13-15-27)17-24(29)23-16-19(2)28(20(23)3)21-9-5-6-10-21/h4,7-8,11,16,21H,5-6,9-10,12-15,17H2,1-3H3. The predicted octanol–water partition coefficient (Wildman–Crippen LogP) is 4.17. The van der Waals surface area contributed by atoms with Crippen LogP contribution >= 0.6 is 0 Å². The van der Waals surface area contributed by atoms with Gasteiger partial charge in [-0.2, -0.15) is 0 Å². The number of aryl methyl sites for hydroxylation is 2. The fourth-order valence-corrected chi connectivity index (χ4v) is 5.16. The number of nitrogens with zero attached hydrogens (tertiary/aromatic N) is 3. The lowest BCUT2D eigenvalue weighted by Crippen LogP contribution is -2.50. The first-order chi connectivity index (χ1) is 14.5. The van der Waals surface area contributed by atoms with Gasteiger partial charge in [-0.05, 0) is 51.3 Å². The molecule has 2 heterocycles. The number of benzene rings is 1. The van der Waals surface area contributed by atoms with Crippen LogP contribution in [0.15, 0.2) is 30.3 Å². The van der Waals surface area contributed by atoms with E-state index in [1.54, 1.807) is 0 Å². The van der Waals surface area contributed by atoms with Gasteiger partial charge < -0.3 is 9.47 Å². The molecule has 0 radical (unpaired) electrons. The van der Waals surface area contributed by atoms with Gasteiger partial charge in [-0.25, -0.2) is 0 Å². The molecule has 1 aromatic carbocycles. The topological polar surface area (TPSA) is 45.6 Å². The number of Topliss-reactive ketones (excluding diaryl/α,β-unsaturated/α-hetero) is 1. The summed E-state index contributed by atoms with van der Waals surface area (Å²) in [6.07, 6.45) is 5.02. The Kier molecular flexibility index (Phi) is 6.09. The van der Waals surface area contributed by atoms with Crippen LogP contribution in [-0.4, -0.2) is 58.8 Å². The van der Waals surface area contributed by atoms with Crippen molar-refractivity contribution in [1.29, 1.82) is 0 Å². The van der Waals surface area contributed by atoms with Gasteiger partial charge in [0, 0.05) is 54.7 Å². The molecule has 1 aliphatic carbocycles. The molecule has 1 saturated carbocycles. The average Bonchev–Trinajstić information content (AvgIpc) is 3.36. The molecule has 5 nitrogen and oxygen atoms in total. The summed E-state index contributed by atoms with van der Waals surface area (Å²) in [6.45, 7) is 9.44. The van der Waals surface area contributed by atoms with E-state index >= 15 is 0 Å². The molecule has 1 aliphatic heterocycles. The SMILES string of the molecule is Cc1ccccc1C(=O)N1CCN(CC(=O)c2cc(C)n(C3CCCC3)c2C)CC1. The van der Waals surface area contributed by atoms with Gasteiger partial charge in [-0.3, -0.25) is 14.5 Å². The van der Waals surface area contributed by atoms with E-state index in [9.17, 15) is 9.59 Å². The van der Waals surface area contributed by atoms with Crippen LogP contribution in [0.4, 0.5) is 0 Å². The summed E-state index contributed by atoms with van der Waals surface area (Å²) in [5, 5.41) is 0. The predicted molar refractivity (Wildman–Crippen MR) is 119 cm³/mol. The number of carbonyl (C=O) groups is 2. The van der Waals surface area contributed by atoms with E-state index in [-0.39, 0.29) is 11.7 Å². The van der Waals surface area contributed by atoms with Crippen molar-refractivity contribution >= 4 is 11.7 Å². The zero-order valence-corrected chi connectivity index (χ0v) is 18.5. The largest absolute Gasteiger partial charge is 0.345 e. The molecule has 4 rings (SSSR count). The van der Waals surface area contributed by atoms with Gasteiger partial charge in [0.1, 0.15) is 0 Å². The van der Waals surface area contributed by atoms with Crippen molar-refractivity contribution in [2.75, 3.05) is 32.7 Å². The summed E-state index contributed by atoms with van der Waals surface area (Å²) >= 11 is 0. The molecule has 0 atom stereocenters. The van der Waals surface area contributed by atoms with Gasteiger partial charge in [0.15, 0.2) is 5.78 Å². The number of amides is 1. The maximum absolute atomic E-state index is 13.1. The molecule has 2 aromatic rings. The van der Waals surface area contributed by atoms with Crippen molar-refractivity contribution in [2.45, 2.75) is 52.5 Å². The van der Waals surface area contributed by atoms with Crippen LogP contribution in [0.25, 0.3) is 0 Å². The normalized spacial score (nSPS) is 18.2. The minimum Gasteiger partial charge on any atom is -0.345 e. The Balaban J connectivity index is 1.36. The Bertz CT molecular complexity index is 932. The second-order valence-electron chi connectivity index (χ2n) is 8.90. The molecule has 30 heavy (non-hydrogen) atoms. The van der Waals surface area contributed by atoms with Crippen LogP contribution in [0, 0.1) is 20.8 Å². The maximum Gasteiger partial charge on any atom is 0.254 e. The number of ketones is 1. The summed E-state index contributed by atoms with van der Waals surface area (Å²) in [5.74, 6) is 0.296. The van der Waals surface area contributed by atoms with Gasteiger partial charge in [0.2, 0.25) is 0 Å². The molecular formula is C25H33N3O2. The molecule has 0 N–H and O–H groups in total. The minimum absolute atomic E-state index is 0.0965. The third kappa shape index (κ3) is 4.08. The quantitative estimate of drug-likeness (QED) is 0.699. The number of hydrogen-bond donors (Lipinski definition) is 0. The summed E-state index contributed by atoms with van der Waals surface area (Å²) in [5.41, 5.74) is 4.99. The van der Waals surface area contributed by atoms with Crippen molar-refractivity contribution < 1.29 is 9.59 Å². The number of hydrogen-bond acceptors (Lipinski definition) is 3. The zero-order valence-electron chi connectivity index (χ0n) is 18.5. The summed E-state index contributed by atoms with van der Waals surface area (Å²) in [4.78, 5) is 30.0. The first-order valence-electron chi connectivity index (χ1n) is 11.2. The molecule has 0 unspecified atom stereocenters. The van der Waals surface area contributed by atoms with Crippen LogP contribution in [0.1, 0.15) is 69.4 Å². The monoisotopic (exact) mass is 407 g/mol. The zero-order chi connectivity index (χ0) is 21.3. The van der Waals surface area contributed by atoms with E-state index in [1.807, 2.05) is 36.1 Å². The van der Waals surface area contributed by atoms with Gasteiger partial charge >= 0.3 is 0 Å². The molecular weight excluding hydrogens is 374 g/mol. The van der Waals surface area contributed by atoms with Crippen LogP contribution in [-0.2, 0) is 0 Å². The highest BCUT2D eigenvalue weighted by Gasteiger charge is 2.27. The highest BCUT2D eigenvalue weighted by atomic mass is 16.2. The Labute approximate surface area is 179 Å². The summed E-state index contributed by atoms with van der Waals surface area (Å²) in [7, 11) is 0. The lowest BCUT2D eigenvalue weighted by Gasteiger charge is -2.34.